The van der Waals surface area contributed by atoms with Crippen molar-refractivity contribution in [3.8, 4) is 11.3 Å². The number of nitrogens with zero attached hydrogens (tertiary/aromatic N) is 2. The minimum absolute atomic E-state index is 0.318. The Morgan fingerprint density at radius 1 is 1.41 bits per heavy atom. The first-order valence-corrected chi connectivity index (χ1v) is 6.08. The van der Waals surface area contributed by atoms with Crippen LogP contribution in [0.5, 0.6) is 0 Å². The third kappa shape index (κ3) is 1.67. The van der Waals surface area contributed by atoms with Gasteiger partial charge in [-0.2, -0.15) is 0 Å². The first-order valence-electron chi connectivity index (χ1n) is 4.82. The molecule has 0 amide bonds. The second kappa shape index (κ2) is 3.72. The minimum atomic E-state index is -0.318. The predicted octanol–water partition coefficient (Wildman–Crippen LogP) is 3.44. The molecule has 2 aromatic heterocycles. The van der Waals surface area contributed by atoms with Gasteiger partial charge in [0.1, 0.15) is 11.6 Å². The lowest BCUT2D eigenvalue weighted by Gasteiger charge is -2.02. The molecule has 0 aliphatic heterocycles. The van der Waals surface area contributed by atoms with Crippen LogP contribution >= 0.6 is 22.9 Å². The molecule has 0 atom stereocenters. The fourth-order valence-corrected chi connectivity index (χ4v) is 2.74. The predicted molar refractivity (Wildman–Crippen MR) is 67.9 cm³/mol. The average molecular weight is 268 g/mol. The third-order valence-corrected chi connectivity index (χ3v) is 3.51. The summed E-state index contributed by atoms with van der Waals surface area (Å²) in [7, 11) is 0. The summed E-state index contributed by atoms with van der Waals surface area (Å²) in [6.45, 7) is 0. The van der Waals surface area contributed by atoms with Crippen molar-refractivity contribution in [2.75, 3.05) is 5.73 Å². The minimum Gasteiger partial charge on any atom is -0.382 e. The number of thiazole rings is 1. The molecule has 0 saturated heterocycles. The molecule has 86 valence electrons. The Morgan fingerprint density at radius 2 is 2.24 bits per heavy atom. The number of fused-ring (bicyclic) bond motifs is 1. The van der Waals surface area contributed by atoms with Gasteiger partial charge in [-0.05, 0) is 18.2 Å². The van der Waals surface area contributed by atoms with Crippen LogP contribution in [0.1, 0.15) is 0 Å². The molecule has 2 heterocycles. The van der Waals surface area contributed by atoms with E-state index in [0.29, 0.717) is 22.1 Å². The molecule has 0 fully saturated rings. The van der Waals surface area contributed by atoms with Crippen LogP contribution in [0, 0.1) is 5.82 Å². The lowest BCUT2D eigenvalue weighted by atomic mass is 10.1. The van der Waals surface area contributed by atoms with E-state index in [1.807, 2.05) is 5.38 Å². The Labute approximate surface area is 105 Å². The van der Waals surface area contributed by atoms with Crippen LogP contribution in [0.25, 0.3) is 16.2 Å². The average Bonchev–Trinajstić information content (AvgIpc) is 2.80. The summed E-state index contributed by atoms with van der Waals surface area (Å²) in [4.78, 5) is 4.85. The SMILES string of the molecule is Nc1cn2c(-c3cc(Cl)ccc3F)csc2n1. The van der Waals surface area contributed by atoms with E-state index in [-0.39, 0.29) is 5.82 Å². The van der Waals surface area contributed by atoms with Crippen molar-refractivity contribution in [1.82, 2.24) is 9.38 Å². The molecule has 3 nitrogen and oxygen atoms in total. The van der Waals surface area contributed by atoms with Gasteiger partial charge in [0, 0.05) is 16.0 Å². The van der Waals surface area contributed by atoms with Crippen LogP contribution in [0.3, 0.4) is 0 Å². The van der Waals surface area contributed by atoms with Crippen LogP contribution in [0.2, 0.25) is 5.02 Å². The summed E-state index contributed by atoms with van der Waals surface area (Å²) in [5.74, 6) is 0.0990. The molecular weight excluding hydrogens is 261 g/mol. The Hall–Kier alpha value is -1.59. The summed E-state index contributed by atoms with van der Waals surface area (Å²) < 4.78 is 15.5. The fraction of sp³-hybridized carbons (Fsp3) is 0. The summed E-state index contributed by atoms with van der Waals surface area (Å²) in [6, 6.07) is 4.46. The molecule has 3 aromatic rings. The van der Waals surface area contributed by atoms with Gasteiger partial charge < -0.3 is 5.73 Å². The summed E-state index contributed by atoms with van der Waals surface area (Å²) in [5, 5.41) is 2.32. The van der Waals surface area contributed by atoms with Gasteiger partial charge in [-0.1, -0.05) is 11.6 Å². The molecule has 0 spiro atoms. The van der Waals surface area contributed by atoms with Crippen molar-refractivity contribution in [3.05, 3.63) is 40.6 Å². The van der Waals surface area contributed by atoms with Gasteiger partial charge in [-0.25, -0.2) is 9.37 Å². The Bertz CT molecular complexity index is 704. The summed E-state index contributed by atoms with van der Waals surface area (Å²) >= 11 is 7.28. The lowest BCUT2D eigenvalue weighted by molar-refractivity contribution is 0.630. The molecule has 3 rings (SSSR count). The quantitative estimate of drug-likeness (QED) is 0.734. The maximum atomic E-state index is 13.7. The largest absolute Gasteiger partial charge is 0.382 e. The van der Waals surface area contributed by atoms with Crippen LogP contribution < -0.4 is 5.73 Å². The molecule has 2 N–H and O–H groups in total. The molecule has 1 aromatic carbocycles. The molecule has 0 radical (unpaired) electrons. The van der Waals surface area contributed by atoms with E-state index < -0.39 is 0 Å². The highest BCUT2D eigenvalue weighted by atomic mass is 35.5. The van der Waals surface area contributed by atoms with Crippen LogP contribution in [-0.2, 0) is 0 Å². The molecule has 6 heteroatoms. The second-order valence-electron chi connectivity index (χ2n) is 3.56. The molecule has 0 bridgehead atoms. The van der Waals surface area contributed by atoms with Gasteiger partial charge in [0.05, 0.1) is 11.9 Å². The number of benzene rings is 1. The zero-order valence-electron chi connectivity index (χ0n) is 8.52. The van der Waals surface area contributed by atoms with Crippen molar-refractivity contribution < 1.29 is 4.39 Å². The van der Waals surface area contributed by atoms with E-state index in [4.69, 9.17) is 17.3 Å². The smallest absolute Gasteiger partial charge is 0.196 e. The van der Waals surface area contributed by atoms with E-state index in [2.05, 4.69) is 4.98 Å². The number of halogens is 2. The van der Waals surface area contributed by atoms with Crippen molar-refractivity contribution in [2.45, 2.75) is 0 Å². The second-order valence-corrected chi connectivity index (χ2v) is 4.84. The number of hydrogen-bond acceptors (Lipinski definition) is 3. The van der Waals surface area contributed by atoms with E-state index in [9.17, 15) is 4.39 Å². The first kappa shape index (κ1) is 10.6. The standard InChI is InChI=1S/C11H7ClFN3S/c12-6-1-2-8(13)7(3-6)9-5-17-11-15-10(14)4-16(9)11/h1-5H,14H2. The van der Waals surface area contributed by atoms with Gasteiger partial charge in [-0.3, -0.25) is 4.40 Å². The topological polar surface area (TPSA) is 43.3 Å². The van der Waals surface area contributed by atoms with Crippen molar-refractivity contribution in [3.63, 3.8) is 0 Å². The van der Waals surface area contributed by atoms with E-state index in [1.54, 1.807) is 16.7 Å². The molecule has 0 saturated carbocycles. The maximum Gasteiger partial charge on any atom is 0.196 e. The van der Waals surface area contributed by atoms with Crippen molar-refractivity contribution >= 4 is 33.7 Å². The Kier molecular flexibility index (Phi) is 2.31. The van der Waals surface area contributed by atoms with Crippen LogP contribution in [-0.4, -0.2) is 9.38 Å². The number of imidazole rings is 1. The molecule has 17 heavy (non-hydrogen) atoms. The molecule has 0 aliphatic rings. The number of nitrogens with two attached hydrogens (primary N) is 1. The number of aromatic nitrogens is 2. The highest BCUT2D eigenvalue weighted by molar-refractivity contribution is 7.15. The van der Waals surface area contributed by atoms with Crippen LogP contribution in [0.15, 0.2) is 29.8 Å². The fourth-order valence-electron chi connectivity index (χ4n) is 1.69. The normalized spacial score (nSPS) is 11.2. The molecular formula is C11H7ClFN3S. The molecule has 0 aliphatic carbocycles. The summed E-state index contributed by atoms with van der Waals surface area (Å²) in [6.07, 6.45) is 1.67. The first-order chi connectivity index (χ1) is 8.15. The van der Waals surface area contributed by atoms with E-state index in [0.717, 1.165) is 4.96 Å². The number of rotatable bonds is 1. The summed E-state index contributed by atoms with van der Waals surface area (Å²) in [5.41, 5.74) is 6.75. The van der Waals surface area contributed by atoms with E-state index in [1.165, 1.54) is 23.5 Å². The number of nitrogen functional groups attached to an aromatic ring is 1. The van der Waals surface area contributed by atoms with Gasteiger partial charge in [0.25, 0.3) is 0 Å². The van der Waals surface area contributed by atoms with Crippen molar-refractivity contribution in [2.24, 2.45) is 0 Å². The van der Waals surface area contributed by atoms with Gasteiger partial charge in [0.2, 0.25) is 0 Å². The van der Waals surface area contributed by atoms with Gasteiger partial charge in [0.15, 0.2) is 4.96 Å². The molecule has 0 unspecified atom stereocenters. The van der Waals surface area contributed by atoms with Crippen LogP contribution in [0.4, 0.5) is 10.2 Å². The maximum absolute atomic E-state index is 13.7. The Morgan fingerprint density at radius 3 is 3.06 bits per heavy atom. The Balaban J connectivity index is 2.29. The zero-order valence-corrected chi connectivity index (χ0v) is 10.1. The van der Waals surface area contributed by atoms with Crippen molar-refractivity contribution in [1.29, 1.82) is 0 Å². The number of anilines is 1. The van der Waals surface area contributed by atoms with Gasteiger partial charge >= 0.3 is 0 Å². The highest BCUT2D eigenvalue weighted by Crippen LogP contribution is 2.30. The van der Waals surface area contributed by atoms with E-state index >= 15 is 0 Å². The third-order valence-electron chi connectivity index (χ3n) is 2.43. The lowest BCUT2D eigenvalue weighted by Crippen LogP contribution is -1.88. The highest BCUT2D eigenvalue weighted by Gasteiger charge is 2.12. The van der Waals surface area contributed by atoms with Gasteiger partial charge in [-0.15, -0.1) is 11.3 Å². The number of hydrogen-bond donors (Lipinski definition) is 1. The zero-order chi connectivity index (χ0) is 12.0. The monoisotopic (exact) mass is 267 g/mol.